The monoisotopic (exact) mass is 321 g/mol. The van der Waals surface area contributed by atoms with Crippen molar-refractivity contribution in [1.82, 2.24) is 9.97 Å². The number of aryl methyl sites for hydroxylation is 1. The van der Waals surface area contributed by atoms with Crippen LogP contribution >= 0.6 is 0 Å². The highest BCUT2D eigenvalue weighted by atomic mass is 16.5. The number of pyridine rings is 1. The molecular formula is C19H19N3O2. The zero-order chi connectivity index (χ0) is 16.7. The van der Waals surface area contributed by atoms with Crippen molar-refractivity contribution in [2.45, 2.75) is 25.7 Å². The summed E-state index contributed by atoms with van der Waals surface area (Å²) in [5, 5.41) is 4.37. The van der Waals surface area contributed by atoms with Crippen molar-refractivity contribution in [3.63, 3.8) is 0 Å². The van der Waals surface area contributed by atoms with E-state index in [9.17, 15) is 4.79 Å². The molecule has 0 aliphatic heterocycles. The first-order valence-corrected chi connectivity index (χ1v) is 8.08. The summed E-state index contributed by atoms with van der Waals surface area (Å²) in [7, 11) is 1.39. The Morgan fingerprint density at radius 1 is 1.29 bits per heavy atom. The van der Waals surface area contributed by atoms with Crippen molar-refractivity contribution in [3.05, 3.63) is 53.3 Å². The molecule has 24 heavy (non-hydrogen) atoms. The summed E-state index contributed by atoms with van der Waals surface area (Å²) in [6.07, 6.45) is 4.18. The topological polar surface area (TPSA) is 67.0 Å². The standard InChI is InChI=1S/C19H19N3O2/c1-11-7-13-8-15(5-6-17(13)21-11)22-18-16(19(23)24-2)9-14(10-20-18)12-3-4-12/h5-10,12,21H,3-4H2,1-2H3,(H,20,22). The minimum absolute atomic E-state index is 0.369. The molecule has 122 valence electrons. The summed E-state index contributed by atoms with van der Waals surface area (Å²) in [5.41, 5.74) is 4.68. The lowest BCUT2D eigenvalue weighted by Gasteiger charge is -2.11. The van der Waals surface area contributed by atoms with Crippen LogP contribution in [0.4, 0.5) is 11.5 Å². The maximum absolute atomic E-state index is 12.1. The number of hydrogen-bond acceptors (Lipinski definition) is 4. The van der Waals surface area contributed by atoms with Gasteiger partial charge in [-0.2, -0.15) is 0 Å². The third-order valence-corrected chi connectivity index (χ3v) is 4.38. The van der Waals surface area contributed by atoms with Crippen LogP contribution in [0.15, 0.2) is 36.5 Å². The highest BCUT2D eigenvalue weighted by molar-refractivity contribution is 5.96. The van der Waals surface area contributed by atoms with Crippen molar-refractivity contribution in [2.75, 3.05) is 12.4 Å². The SMILES string of the molecule is COC(=O)c1cc(C2CC2)cnc1Nc1ccc2[nH]c(C)cc2c1. The zero-order valence-corrected chi connectivity index (χ0v) is 13.7. The molecule has 0 unspecified atom stereocenters. The number of nitrogens with one attached hydrogen (secondary N) is 2. The summed E-state index contributed by atoms with van der Waals surface area (Å²) in [5.74, 6) is 0.693. The molecule has 0 amide bonds. The number of H-pyrrole nitrogens is 1. The number of aromatic amines is 1. The Kier molecular flexibility index (Phi) is 3.49. The Labute approximate surface area is 140 Å². The molecule has 2 aromatic heterocycles. The van der Waals surface area contributed by atoms with Crippen molar-refractivity contribution in [1.29, 1.82) is 0 Å². The number of ether oxygens (including phenoxy) is 1. The largest absolute Gasteiger partial charge is 0.465 e. The van der Waals surface area contributed by atoms with Gasteiger partial charge in [-0.15, -0.1) is 0 Å². The predicted octanol–water partition coefficient (Wildman–Crippen LogP) is 4.28. The number of hydrogen-bond donors (Lipinski definition) is 2. The fraction of sp³-hybridized carbons (Fsp3) is 0.263. The van der Waals surface area contributed by atoms with Crippen molar-refractivity contribution in [2.24, 2.45) is 0 Å². The highest BCUT2D eigenvalue weighted by Crippen LogP contribution is 2.40. The van der Waals surface area contributed by atoms with Gasteiger partial charge in [-0.05, 0) is 61.6 Å². The number of anilines is 2. The summed E-state index contributed by atoms with van der Waals surface area (Å²) >= 11 is 0. The minimum Gasteiger partial charge on any atom is -0.465 e. The van der Waals surface area contributed by atoms with Gasteiger partial charge in [0.25, 0.3) is 0 Å². The molecule has 0 bridgehead atoms. The molecular weight excluding hydrogens is 302 g/mol. The summed E-state index contributed by atoms with van der Waals surface area (Å²) < 4.78 is 4.92. The second-order valence-electron chi connectivity index (χ2n) is 6.31. The van der Waals surface area contributed by atoms with E-state index in [-0.39, 0.29) is 5.97 Å². The van der Waals surface area contributed by atoms with Crippen LogP contribution in [0.3, 0.4) is 0 Å². The van der Waals surface area contributed by atoms with Gasteiger partial charge in [-0.1, -0.05) is 0 Å². The average Bonchev–Trinajstić information content (AvgIpc) is 3.36. The van der Waals surface area contributed by atoms with Crippen LogP contribution in [-0.4, -0.2) is 23.0 Å². The van der Waals surface area contributed by atoms with Crippen LogP contribution in [-0.2, 0) is 4.74 Å². The lowest BCUT2D eigenvalue weighted by atomic mass is 10.1. The predicted molar refractivity (Wildman–Crippen MR) is 93.9 cm³/mol. The first-order chi connectivity index (χ1) is 11.6. The van der Waals surface area contributed by atoms with Gasteiger partial charge in [0.2, 0.25) is 0 Å². The number of rotatable bonds is 4. The van der Waals surface area contributed by atoms with E-state index in [4.69, 9.17) is 4.74 Å². The van der Waals surface area contributed by atoms with Crippen molar-refractivity contribution >= 4 is 28.4 Å². The molecule has 5 nitrogen and oxygen atoms in total. The third-order valence-electron chi connectivity index (χ3n) is 4.38. The Morgan fingerprint density at radius 2 is 2.12 bits per heavy atom. The summed E-state index contributed by atoms with van der Waals surface area (Å²) in [4.78, 5) is 19.9. The van der Waals surface area contributed by atoms with Gasteiger partial charge < -0.3 is 15.0 Å². The Balaban J connectivity index is 1.69. The average molecular weight is 321 g/mol. The molecule has 1 aliphatic rings. The van der Waals surface area contributed by atoms with Crippen LogP contribution in [0.25, 0.3) is 10.9 Å². The molecule has 1 fully saturated rings. The maximum atomic E-state index is 12.1. The van der Waals surface area contributed by atoms with E-state index in [0.717, 1.165) is 27.8 Å². The van der Waals surface area contributed by atoms with E-state index in [1.807, 2.05) is 37.4 Å². The molecule has 4 rings (SSSR count). The van der Waals surface area contributed by atoms with E-state index in [0.29, 0.717) is 17.3 Å². The van der Waals surface area contributed by atoms with Crippen LogP contribution in [0.5, 0.6) is 0 Å². The summed E-state index contributed by atoms with van der Waals surface area (Å²) in [6, 6.07) is 10.0. The first-order valence-electron chi connectivity index (χ1n) is 8.08. The lowest BCUT2D eigenvalue weighted by Crippen LogP contribution is -2.08. The van der Waals surface area contributed by atoms with E-state index < -0.39 is 0 Å². The third kappa shape index (κ3) is 2.73. The van der Waals surface area contributed by atoms with Gasteiger partial charge in [-0.3, -0.25) is 0 Å². The second-order valence-corrected chi connectivity index (χ2v) is 6.31. The van der Waals surface area contributed by atoms with Crippen LogP contribution in [0.1, 0.15) is 40.4 Å². The number of methoxy groups -OCH3 is 1. The normalized spacial score (nSPS) is 13.9. The number of nitrogens with zero attached hydrogens (tertiary/aromatic N) is 1. The Morgan fingerprint density at radius 3 is 2.88 bits per heavy atom. The van der Waals surface area contributed by atoms with E-state index in [1.165, 1.54) is 20.0 Å². The molecule has 2 heterocycles. The minimum atomic E-state index is -0.369. The zero-order valence-electron chi connectivity index (χ0n) is 13.7. The molecule has 0 saturated heterocycles. The molecule has 0 spiro atoms. The molecule has 1 aliphatic carbocycles. The smallest absolute Gasteiger partial charge is 0.341 e. The Hall–Kier alpha value is -2.82. The summed E-state index contributed by atoms with van der Waals surface area (Å²) in [6.45, 7) is 2.03. The Bertz CT molecular complexity index is 926. The number of carbonyl (C=O) groups excluding carboxylic acids is 1. The van der Waals surface area contributed by atoms with Crippen molar-refractivity contribution in [3.8, 4) is 0 Å². The molecule has 0 atom stereocenters. The quantitative estimate of drug-likeness (QED) is 0.704. The van der Waals surface area contributed by atoms with E-state index >= 15 is 0 Å². The first kappa shape index (κ1) is 14.8. The van der Waals surface area contributed by atoms with Crippen LogP contribution < -0.4 is 5.32 Å². The second kappa shape index (κ2) is 5.67. The molecule has 0 radical (unpaired) electrons. The van der Waals surface area contributed by atoms with Gasteiger partial charge in [-0.25, -0.2) is 9.78 Å². The maximum Gasteiger partial charge on any atom is 0.341 e. The van der Waals surface area contributed by atoms with Gasteiger partial charge >= 0.3 is 5.97 Å². The van der Waals surface area contributed by atoms with E-state index in [1.54, 1.807) is 0 Å². The molecule has 1 saturated carbocycles. The number of esters is 1. The molecule has 1 aromatic carbocycles. The molecule has 5 heteroatoms. The fourth-order valence-corrected chi connectivity index (χ4v) is 2.98. The number of aromatic nitrogens is 2. The molecule has 3 aromatic rings. The lowest BCUT2D eigenvalue weighted by molar-refractivity contribution is 0.0601. The number of carbonyl (C=O) groups is 1. The van der Waals surface area contributed by atoms with Gasteiger partial charge in [0, 0.05) is 28.5 Å². The highest BCUT2D eigenvalue weighted by Gasteiger charge is 2.26. The van der Waals surface area contributed by atoms with Crippen LogP contribution in [0, 0.1) is 6.92 Å². The fourth-order valence-electron chi connectivity index (χ4n) is 2.98. The molecule has 2 N–H and O–H groups in total. The van der Waals surface area contributed by atoms with Gasteiger partial charge in [0.1, 0.15) is 11.4 Å². The number of fused-ring (bicyclic) bond motifs is 1. The van der Waals surface area contributed by atoms with Crippen LogP contribution in [0.2, 0.25) is 0 Å². The van der Waals surface area contributed by atoms with E-state index in [2.05, 4.69) is 21.4 Å². The van der Waals surface area contributed by atoms with Crippen molar-refractivity contribution < 1.29 is 9.53 Å². The number of benzene rings is 1. The van der Waals surface area contributed by atoms with Gasteiger partial charge in [0.05, 0.1) is 7.11 Å². The van der Waals surface area contributed by atoms with Gasteiger partial charge in [0.15, 0.2) is 0 Å².